The van der Waals surface area contributed by atoms with Crippen LogP contribution in [0, 0.1) is 5.41 Å². The van der Waals surface area contributed by atoms with E-state index in [-0.39, 0.29) is 12.6 Å². The molecule has 0 aromatic heterocycles. The highest BCUT2D eigenvalue weighted by Gasteiger charge is 2.40. The zero-order chi connectivity index (χ0) is 14.6. The Morgan fingerprint density at radius 1 is 1.30 bits per heavy atom. The second-order valence-electron chi connectivity index (χ2n) is 5.98. The van der Waals surface area contributed by atoms with E-state index in [1.165, 1.54) is 0 Å². The SMILES string of the molecule is C=CCN(C(=O)NCC1(C(=O)O)CCCCC1)C1CC1. The molecular formula is C15H24N2O3. The molecule has 0 spiro atoms. The van der Waals surface area contributed by atoms with Crippen molar-refractivity contribution >= 4 is 12.0 Å². The fraction of sp³-hybridized carbons (Fsp3) is 0.733. The molecular weight excluding hydrogens is 256 g/mol. The van der Waals surface area contributed by atoms with Crippen LogP contribution in [-0.2, 0) is 4.79 Å². The van der Waals surface area contributed by atoms with Crippen LogP contribution in [-0.4, -0.2) is 41.1 Å². The van der Waals surface area contributed by atoms with Crippen LogP contribution in [0.5, 0.6) is 0 Å². The van der Waals surface area contributed by atoms with Crippen LogP contribution in [0.4, 0.5) is 4.79 Å². The van der Waals surface area contributed by atoms with E-state index >= 15 is 0 Å². The Kier molecular flexibility index (Phi) is 4.68. The molecule has 2 saturated carbocycles. The summed E-state index contributed by atoms with van der Waals surface area (Å²) in [5, 5.41) is 12.3. The van der Waals surface area contributed by atoms with Crippen LogP contribution >= 0.6 is 0 Å². The van der Waals surface area contributed by atoms with Gasteiger partial charge in [-0.1, -0.05) is 25.3 Å². The van der Waals surface area contributed by atoms with Crippen LogP contribution in [0.15, 0.2) is 12.7 Å². The number of hydrogen-bond acceptors (Lipinski definition) is 2. The zero-order valence-electron chi connectivity index (χ0n) is 11.9. The van der Waals surface area contributed by atoms with Crippen molar-refractivity contribution in [2.45, 2.75) is 51.0 Å². The lowest BCUT2D eigenvalue weighted by Crippen LogP contribution is -2.49. The number of amides is 2. The molecule has 5 nitrogen and oxygen atoms in total. The van der Waals surface area contributed by atoms with Crippen molar-refractivity contribution in [3.63, 3.8) is 0 Å². The summed E-state index contributed by atoms with van der Waals surface area (Å²) in [6.45, 7) is 4.43. The maximum Gasteiger partial charge on any atom is 0.317 e. The highest BCUT2D eigenvalue weighted by molar-refractivity contribution is 5.78. The van der Waals surface area contributed by atoms with Gasteiger partial charge in [-0.05, 0) is 25.7 Å². The molecule has 0 atom stereocenters. The Hall–Kier alpha value is -1.52. The van der Waals surface area contributed by atoms with Gasteiger partial charge in [0.05, 0.1) is 5.41 Å². The van der Waals surface area contributed by atoms with E-state index in [2.05, 4.69) is 11.9 Å². The molecule has 2 aliphatic carbocycles. The number of carboxylic acid groups (broad SMARTS) is 1. The van der Waals surface area contributed by atoms with Crippen molar-refractivity contribution in [1.29, 1.82) is 0 Å². The van der Waals surface area contributed by atoms with Crippen LogP contribution in [0.3, 0.4) is 0 Å². The highest BCUT2D eigenvalue weighted by Crippen LogP contribution is 2.36. The lowest BCUT2D eigenvalue weighted by Gasteiger charge is -2.34. The number of rotatable bonds is 6. The van der Waals surface area contributed by atoms with E-state index in [1.807, 2.05) is 0 Å². The van der Waals surface area contributed by atoms with Gasteiger partial charge in [-0.2, -0.15) is 0 Å². The summed E-state index contributed by atoms with van der Waals surface area (Å²) in [6.07, 6.45) is 8.05. The maximum absolute atomic E-state index is 12.2. The van der Waals surface area contributed by atoms with Crippen molar-refractivity contribution in [3.05, 3.63) is 12.7 Å². The third kappa shape index (κ3) is 3.32. The van der Waals surface area contributed by atoms with Crippen molar-refractivity contribution in [2.24, 2.45) is 5.41 Å². The lowest BCUT2D eigenvalue weighted by atomic mass is 9.74. The van der Waals surface area contributed by atoms with E-state index in [0.29, 0.717) is 25.4 Å². The summed E-state index contributed by atoms with van der Waals surface area (Å²) in [5.74, 6) is -0.779. The number of carbonyl (C=O) groups excluding carboxylic acids is 1. The van der Waals surface area contributed by atoms with E-state index < -0.39 is 11.4 Å². The van der Waals surface area contributed by atoms with Crippen molar-refractivity contribution < 1.29 is 14.7 Å². The molecule has 112 valence electrons. The van der Waals surface area contributed by atoms with Gasteiger partial charge in [-0.3, -0.25) is 4.79 Å². The van der Waals surface area contributed by atoms with Gasteiger partial charge in [0.2, 0.25) is 0 Å². The molecule has 0 heterocycles. The number of carboxylic acids is 1. The minimum Gasteiger partial charge on any atom is -0.481 e. The average molecular weight is 280 g/mol. The van der Waals surface area contributed by atoms with Crippen molar-refractivity contribution in [2.75, 3.05) is 13.1 Å². The molecule has 20 heavy (non-hydrogen) atoms. The first-order valence-corrected chi connectivity index (χ1v) is 7.48. The van der Waals surface area contributed by atoms with Gasteiger partial charge in [0.15, 0.2) is 0 Å². The van der Waals surface area contributed by atoms with Crippen LogP contribution in [0.2, 0.25) is 0 Å². The minimum atomic E-state index is -0.779. The quantitative estimate of drug-likeness (QED) is 0.734. The maximum atomic E-state index is 12.2. The average Bonchev–Trinajstić information content (AvgIpc) is 3.27. The molecule has 0 aromatic carbocycles. The van der Waals surface area contributed by atoms with E-state index in [9.17, 15) is 14.7 Å². The first kappa shape index (κ1) is 14.9. The summed E-state index contributed by atoms with van der Waals surface area (Å²) < 4.78 is 0. The fourth-order valence-corrected chi connectivity index (χ4v) is 2.96. The standard InChI is InChI=1S/C15H24N2O3/c1-2-10-17(12-6-7-12)14(20)16-11-15(13(18)19)8-4-3-5-9-15/h2,12H,1,3-11H2,(H,16,20)(H,18,19). The normalized spacial score (nSPS) is 21.0. The van der Waals surface area contributed by atoms with Gasteiger partial charge in [0.1, 0.15) is 0 Å². The molecule has 2 amide bonds. The van der Waals surface area contributed by atoms with Gasteiger partial charge in [-0.25, -0.2) is 4.79 Å². The zero-order valence-corrected chi connectivity index (χ0v) is 11.9. The monoisotopic (exact) mass is 280 g/mol. The molecule has 0 radical (unpaired) electrons. The Morgan fingerprint density at radius 2 is 1.95 bits per heavy atom. The largest absolute Gasteiger partial charge is 0.481 e. The second-order valence-corrected chi connectivity index (χ2v) is 5.98. The highest BCUT2D eigenvalue weighted by atomic mass is 16.4. The van der Waals surface area contributed by atoms with Gasteiger partial charge < -0.3 is 15.3 Å². The Labute approximate surface area is 120 Å². The number of nitrogens with one attached hydrogen (secondary N) is 1. The van der Waals surface area contributed by atoms with Gasteiger partial charge in [0, 0.05) is 19.1 Å². The summed E-state index contributed by atoms with van der Waals surface area (Å²) in [4.78, 5) is 25.5. The molecule has 2 rings (SSSR count). The molecule has 0 aromatic rings. The third-order valence-electron chi connectivity index (χ3n) is 4.42. The van der Waals surface area contributed by atoms with Crippen LogP contribution < -0.4 is 5.32 Å². The summed E-state index contributed by atoms with van der Waals surface area (Å²) in [7, 11) is 0. The first-order valence-electron chi connectivity index (χ1n) is 7.48. The number of carbonyl (C=O) groups is 2. The van der Waals surface area contributed by atoms with E-state index in [0.717, 1.165) is 32.1 Å². The molecule has 2 fully saturated rings. The summed E-state index contributed by atoms with van der Waals surface area (Å²) in [6, 6.07) is 0.152. The molecule has 0 unspecified atom stereocenters. The predicted molar refractivity (Wildman–Crippen MR) is 76.5 cm³/mol. The fourth-order valence-electron chi connectivity index (χ4n) is 2.96. The molecule has 2 N–H and O–H groups in total. The van der Waals surface area contributed by atoms with Crippen LogP contribution in [0.25, 0.3) is 0 Å². The minimum absolute atomic E-state index is 0.154. The first-order chi connectivity index (χ1) is 9.59. The second kappa shape index (κ2) is 6.29. The summed E-state index contributed by atoms with van der Waals surface area (Å²) >= 11 is 0. The van der Waals surface area contributed by atoms with Crippen molar-refractivity contribution in [3.8, 4) is 0 Å². The predicted octanol–water partition coefficient (Wildman–Crippen LogP) is 2.38. The van der Waals surface area contributed by atoms with Crippen molar-refractivity contribution in [1.82, 2.24) is 10.2 Å². The molecule has 5 heteroatoms. The Bertz CT molecular complexity index is 385. The molecule has 0 aliphatic heterocycles. The van der Waals surface area contributed by atoms with Gasteiger partial charge >= 0.3 is 12.0 Å². The lowest BCUT2D eigenvalue weighted by molar-refractivity contribution is -0.150. The summed E-state index contributed by atoms with van der Waals surface area (Å²) in [5.41, 5.74) is -0.767. The molecule has 0 saturated heterocycles. The van der Waals surface area contributed by atoms with Gasteiger partial charge in [0.25, 0.3) is 0 Å². The number of nitrogens with zero attached hydrogens (tertiary/aromatic N) is 1. The molecule has 0 bridgehead atoms. The molecule has 2 aliphatic rings. The van der Waals surface area contributed by atoms with Crippen LogP contribution in [0.1, 0.15) is 44.9 Å². The topological polar surface area (TPSA) is 69.6 Å². The Balaban J connectivity index is 1.92. The van der Waals surface area contributed by atoms with Gasteiger partial charge in [-0.15, -0.1) is 6.58 Å². The number of urea groups is 1. The number of hydrogen-bond donors (Lipinski definition) is 2. The third-order valence-corrected chi connectivity index (χ3v) is 4.42. The van der Waals surface area contributed by atoms with E-state index in [4.69, 9.17) is 0 Å². The number of aliphatic carboxylic acids is 1. The smallest absolute Gasteiger partial charge is 0.317 e. The van der Waals surface area contributed by atoms with E-state index in [1.54, 1.807) is 11.0 Å². The Morgan fingerprint density at radius 3 is 2.45 bits per heavy atom.